The molecule has 0 radical (unpaired) electrons. The Morgan fingerprint density at radius 3 is 2.11 bits per heavy atom. The molecule has 3 heteroatoms. The summed E-state index contributed by atoms with van der Waals surface area (Å²) in [5.74, 6) is 0.0574. The van der Waals surface area contributed by atoms with Crippen LogP contribution >= 0.6 is 15.9 Å². The molecule has 0 aromatic heterocycles. The number of Topliss-reactive ketones (excluding diaryl/α,β-unsaturated/α-hetero) is 1. The highest BCUT2D eigenvalue weighted by atomic mass is 79.9. The van der Waals surface area contributed by atoms with Gasteiger partial charge in [0.1, 0.15) is 10.4 Å². The van der Waals surface area contributed by atoms with Crippen molar-refractivity contribution in [1.29, 1.82) is 0 Å². The molecule has 2 aromatic rings. The normalized spacial score (nSPS) is 22.8. The van der Waals surface area contributed by atoms with E-state index in [1.54, 1.807) is 0 Å². The van der Waals surface area contributed by atoms with Crippen LogP contribution in [0.3, 0.4) is 0 Å². The Balaban J connectivity index is 1.89. The molecule has 2 nitrogen and oxygen atoms in total. The predicted molar refractivity (Wildman–Crippen MR) is 77.6 cm³/mol. The Morgan fingerprint density at radius 1 is 1.05 bits per heavy atom. The quantitative estimate of drug-likeness (QED) is 0.490. The molecule has 1 heterocycles. The molecule has 0 aliphatic carbocycles. The van der Waals surface area contributed by atoms with Crippen LogP contribution in [-0.4, -0.2) is 17.2 Å². The fourth-order valence-electron chi connectivity index (χ4n) is 2.22. The summed E-state index contributed by atoms with van der Waals surface area (Å²) in [6, 6.07) is 19.2. The van der Waals surface area contributed by atoms with Crippen molar-refractivity contribution in [3.8, 4) is 0 Å². The maximum atomic E-state index is 12.5. The second-order valence-electron chi connectivity index (χ2n) is 4.64. The van der Waals surface area contributed by atoms with E-state index >= 15 is 0 Å². The minimum absolute atomic E-state index is 0.0574. The van der Waals surface area contributed by atoms with E-state index in [0.717, 1.165) is 5.56 Å². The first-order valence-electron chi connectivity index (χ1n) is 6.17. The number of epoxide rings is 1. The number of ether oxygens (including phenoxy) is 1. The lowest BCUT2D eigenvalue weighted by Crippen LogP contribution is -2.30. The Kier molecular flexibility index (Phi) is 3.25. The highest BCUT2D eigenvalue weighted by Gasteiger charge is 2.54. The molecule has 1 saturated heterocycles. The number of alkyl halides is 1. The van der Waals surface area contributed by atoms with Crippen LogP contribution in [0, 0.1) is 0 Å². The monoisotopic (exact) mass is 316 g/mol. The van der Waals surface area contributed by atoms with Crippen molar-refractivity contribution in [2.24, 2.45) is 0 Å². The lowest BCUT2D eigenvalue weighted by molar-refractivity contribution is 0.0957. The van der Waals surface area contributed by atoms with Crippen molar-refractivity contribution in [1.82, 2.24) is 0 Å². The van der Waals surface area contributed by atoms with Crippen LogP contribution in [0.5, 0.6) is 0 Å². The van der Waals surface area contributed by atoms with Crippen LogP contribution in [0.1, 0.15) is 15.9 Å². The lowest BCUT2D eigenvalue weighted by atomic mass is 9.92. The number of hydrogen-bond donors (Lipinski definition) is 0. The maximum Gasteiger partial charge on any atom is 0.179 e. The molecule has 3 rings (SSSR count). The van der Waals surface area contributed by atoms with Gasteiger partial charge in [0.05, 0.1) is 6.61 Å². The third-order valence-electron chi connectivity index (χ3n) is 3.42. The van der Waals surface area contributed by atoms with Crippen molar-refractivity contribution in [3.05, 3.63) is 71.8 Å². The van der Waals surface area contributed by atoms with Crippen LogP contribution in [0.2, 0.25) is 0 Å². The summed E-state index contributed by atoms with van der Waals surface area (Å²) in [5.41, 5.74) is 1.24. The van der Waals surface area contributed by atoms with Gasteiger partial charge in [0.25, 0.3) is 0 Å². The van der Waals surface area contributed by atoms with Gasteiger partial charge >= 0.3 is 0 Å². The van der Waals surface area contributed by atoms with Gasteiger partial charge in [0.2, 0.25) is 0 Å². The second kappa shape index (κ2) is 4.91. The minimum Gasteiger partial charge on any atom is -0.363 e. The van der Waals surface area contributed by atoms with Crippen molar-refractivity contribution >= 4 is 21.7 Å². The molecule has 0 saturated carbocycles. The van der Waals surface area contributed by atoms with E-state index in [9.17, 15) is 4.79 Å². The third-order valence-corrected chi connectivity index (χ3v) is 4.57. The molecule has 1 aliphatic rings. The van der Waals surface area contributed by atoms with Gasteiger partial charge < -0.3 is 4.74 Å². The Labute approximate surface area is 120 Å². The SMILES string of the molecule is O=C(c1ccccc1)[C@@H](Br)[C@]1(c2ccccc2)CO1. The van der Waals surface area contributed by atoms with Crippen molar-refractivity contribution in [2.75, 3.05) is 6.61 Å². The summed E-state index contributed by atoms with van der Waals surface area (Å²) >= 11 is 3.53. The summed E-state index contributed by atoms with van der Waals surface area (Å²) in [7, 11) is 0. The van der Waals surface area contributed by atoms with E-state index in [1.807, 2.05) is 60.7 Å². The first kappa shape index (κ1) is 12.6. The molecule has 19 heavy (non-hydrogen) atoms. The third kappa shape index (κ3) is 2.24. The zero-order valence-electron chi connectivity index (χ0n) is 10.3. The van der Waals surface area contributed by atoms with Gasteiger partial charge in [-0.15, -0.1) is 0 Å². The van der Waals surface area contributed by atoms with Crippen LogP contribution in [0.25, 0.3) is 0 Å². The van der Waals surface area contributed by atoms with E-state index < -0.39 is 5.60 Å². The van der Waals surface area contributed by atoms with Crippen molar-refractivity contribution in [3.63, 3.8) is 0 Å². The maximum absolute atomic E-state index is 12.5. The molecule has 96 valence electrons. The zero-order chi connectivity index (χ0) is 13.3. The number of hydrogen-bond acceptors (Lipinski definition) is 2. The predicted octanol–water partition coefficient (Wildman–Crippen LogP) is 3.56. The summed E-state index contributed by atoms with van der Waals surface area (Å²) in [5, 5.41) is 0. The highest BCUT2D eigenvalue weighted by molar-refractivity contribution is 9.10. The molecule has 1 fully saturated rings. The van der Waals surface area contributed by atoms with Crippen molar-refractivity contribution < 1.29 is 9.53 Å². The lowest BCUT2D eigenvalue weighted by Gasteiger charge is -2.18. The molecule has 0 N–H and O–H groups in total. The zero-order valence-corrected chi connectivity index (χ0v) is 11.8. The second-order valence-corrected chi connectivity index (χ2v) is 5.55. The molecule has 2 aromatic carbocycles. The standard InChI is InChI=1S/C16H13BrO2/c17-15(14(18)12-7-3-1-4-8-12)16(11-19-16)13-9-5-2-6-10-13/h1-10,15H,11H2/t15-,16-/m1/s1. The van der Waals surface area contributed by atoms with Crippen LogP contribution in [-0.2, 0) is 10.3 Å². The largest absolute Gasteiger partial charge is 0.363 e. The van der Waals surface area contributed by atoms with Crippen LogP contribution in [0.15, 0.2) is 60.7 Å². The summed E-state index contributed by atoms with van der Waals surface area (Å²) in [4.78, 5) is 12.1. The van der Waals surface area contributed by atoms with Gasteiger partial charge in [-0.25, -0.2) is 0 Å². The number of carbonyl (C=O) groups is 1. The van der Waals surface area contributed by atoms with Gasteiger partial charge in [-0.05, 0) is 5.56 Å². The molecule has 0 amide bonds. The smallest absolute Gasteiger partial charge is 0.179 e. The molecule has 0 bridgehead atoms. The fraction of sp³-hybridized carbons (Fsp3) is 0.188. The summed E-state index contributed by atoms with van der Waals surface area (Å²) < 4.78 is 5.62. The number of benzene rings is 2. The van der Waals surface area contributed by atoms with Crippen LogP contribution < -0.4 is 0 Å². The van der Waals surface area contributed by atoms with Crippen LogP contribution in [0.4, 0.5) is 0 Å². The van der Waals surface area contributed by atoms with Gasteiger partial charge in [-0.1, -0.05) is 76.6 Å². The Hall–Kier alpha value is -1.45. The average molecular weight is 317 g/mol. The number of halogens is 1. The molecule has 0 unspecified atom stereocenters. The van der Waals surface area contributed by atoms with Gasteiger partial charge in [-0.3, -0.25) is 4.79 Å². The Morgan fingerprint density at radius 2 is 1.58 bits per heavy atom. The fourth-order valence-corrected chi connectivity index (χ4v) is 3.01. The number of rotatable bonds is 4. The van der Waals surface area contributed by atoms with E-state index in [4.69, 9.17) is 4.74 Å². The summed E-state index contributed by atoms with van der Waals surface area (Å²) in [6.45, 7) is 0.575. The topological polar surface area (TPSA) is 29.6 Å². The average Bonchev–Trinajstić information content (AvgIpc) is 3.29. The van der Waals surface area contributed by atoms with E-state index in [-0.39, 0.29) is 10.6 Å². The first-order valence-corrected chi connectivity index (χ1v) is 7.08. The van der Waals surface area contributed by atoms with Gasteiger partial charge in [0.15, 0.2) is 5.78 Å². The van der Waals surface area contributed by atoms with Gasteiger partial charge in [-0.2, -0.15) is 0 Å². The Bertz CT molecular complexity index is 576. The first-order chi connectivity index (χ1) is 9.24. The highest BCUT2D eigenvalue weighted by Crippen LogP contribution is 2.46. The van der Waals surface area contributed by atoms with Crippen molar-refractivity contribution in [2.45, 2.75) is 10.4 Å². The van der Waals surface area contributed by atoms with E-state index in [2.05, 4.69) is 15.9 Å². The molecule has 0 spiro atoms. The number of ketones is 1. The molecule has 2 atom stereocenters. The van der Waals surface area contributed by atoms with Gasteiger partial charge in [0, 0.05) is 5.56 Å². The minimum atomic E-state index is -0.506. The number of carbonyl (C=O) groups excluding carboxylic acids is 1. The molecular weight excluding hydrogens is 304 g/mol. The molecule has 1 aliphatic heterocycles. The molecular formula is C16H13BrO2. The van der Waals surface area contributed by atoms with E-state index in [0.29, 0.717) is 12.2 Å². The summed E-state index contributed by atoms with van der Waals surface area (Å²) in [6.07, 6.45) is 0. The van der Waals surface area contributed by atoms with E-state index in [1.165, 1.54) is 0 Å².